The van der Waals surface area contributed by atoms with Crippen LogP contribution in [-0.4, -0.2) is 116 Å². The Morgan fingerprint density at radius 1 is 0.449 bits per heavy atom. The van der Waals surface area contributed by atoms with E-state index in [4.69, 9.17) is 18.9 Å². The van der Waals surface area contributed by atoms with Crippen LogP contribution in [0.1, 0.15) is 147 Å². The molecular weight excluding hydrogens is 1190 g/mol. The van der Waals surface area contributed by atoms with Gasteiger partial charge in [0.05, 0.1) is 11.4 Å². The zero-order valence-corrected chi connectivity index (χ0v) is 56.2. The molecule has 0 fully saturated rings. The molecule has 4 aromatic carbocycles. The lowest BCUT2D eigenvalue weighted by molar-refractivity contribution is -0.132. The molecule has 484 valence electrons. The average molecular weight is 1280 g/mol. The second-order valence-electron chi connectivity index (χ2n) is 26.4. The standard InChI is InChI=1S/C66H90N8O12S3/c1-61(2,3)83-55(79)67-41-25-39-65(13,71-51(75)45(69-57(81)85-63(7,8)9)37-35-43-27-17-15-18-28-43)53(77)73-47-31-21-23-33-49(47)87-59(73)89-60-74(48-32-22-24-34-50(48)88-60)54(78)66(14,40-26-42-68-56(80)84-62(4,5)6)72-52(76)46(70-58(82)86-64(10,11)12)38-36-44-29-19-16-20-30-44/h15-24,27-34,45-46,59-60H,25-26,35-42H2,1-14H3,(H,67,79)(H,68,80)(H,69,81)(H,70,82)(H,71,75)(H,72,76)/t45-,46-,59?,60?,65-,66-/m0/s1. The summed E-state index contributed by atoms with van der Waals surface area (Å²) in [6.45, 7) is 24.2. The molecule has 8 amide bonds. The molecule has 0 spiro atoms. The van der Waals surface area contributed by atoms with E-state index in [1.807, 2.05) is 109 Å². The molecular formula is C66H90N8O12S3. The molecule has 0 saturated carbocycles. The number of aryl methyl sites for hydroxylation is 2. The number of thioether (sulfide) groups is 3. The third-order valence-electron chi connectivity index (χ3n) is 13.7. The molecule has 6 atom stereocenters. The van der Waals surface area contributed by atoms with Gasteiger partial charge in [-0.2, -0.15) is 0 Å². The molecule has 6 N–H and O–H groups in total. The largest absolute Gasteiger partial charge is 0.444 e. The van der Waals surface area contributed by atoms with Crippen molar-refractivity contribution in [3.05, 3.63) is 120 Å². The van der Waals surface area contributed by atoms with Crippen LogP contribution in [0.4, 0.5) is 30.6 Å². The van der Waals surface area contributed by atoms with Gasteiger partial charge < -0.3 is 50.8 Å². The first-order valence-electron chi connectivity index (χ1n) is 30.1. The summed E-state index contributed by atoms with van der Waals surface area (Å²) in [5.41, 5.74) is -3.79. The molecule has 2 heterocycles. The van der Waals surface area contributed by atoms with E-state index in [9.17, 15) is 28.8 Å². The summed E-state index contributed by atoms with van der Waals surface area (Å²) >= 11 is 4.10. The number of fused-ring (bicyclic) bond motifs is 2. The molecule has 20 nitrogen and oxygen atoms in total. The Bertz CT molecular complexity index is 2910. The fraction of sp³-hybridized carbons (Fsp3) is 0.515. The summed E-state index contributed by atoms with van der Waals surface area (Å²) in [6.07, 6.45) is -1.42. The van der Waals surface area contributed by atoms with Crippen molar-refractivity contribution in [1.29, 1.82) is 0 Å². The number of carbonyl (C=O) groups excluding carboxylic acids is 8. The first-order chi connectivity index (χ1) is 41.6. The Hall–Kier alpha value is -7.11. The van der Waals surface area contributed by atoms with Crippen molar-refractivity contribution >= 4 is 94.7 Å². The van der Waals surface area contributed by atoms with E-state index < -0.39 is 103 Å². The van der Waals surface area contributed by atoms with Crippen molar-refractivity contribution in [2.45, 2.75) is 213 Å². The minimum atomic E-state index is -1.70. The number of hydrogen-bond acceptors (Lipinski definition) is 15. The van der Waals surface area contributed by atoms with Crippen molar-refractivity contribution in [3.8, 4) is 0 Å². The maximum absolute atomic E-state index is 16.1. The lowest BCUT2D eigenvalue weighted by atomic mass is 9.92. The van der Waals surface area contributed by atoms with Gasteiger partial charge in [-0.15, -0.1) is 0 Å². The zero-order valence-electron chi connectivity index (χ0n) is 53.8. The molecule has 0 radical (unpaired) electrons. The molecule has 0 bridgehead atoms. The SMILES string of the molecule is CC(C)(C)OC(=O)NCCC[C@](C)(NC(=O)[C@H](CCc1ccccc1)NC(=O)OC(C)(C)C)C(=O)N1c2ccccc2SC1SC1Sc2ccccc2N1C(=O)[C@](C)(CCCNC(=O)OC(C)(C)C)NC(=O)[C@H](CCc1ccccc1)NC(=O)OC(C)(C)C. The van der Waals surface area contributed by atoms with Gasteiger partial charge in [0.25, 0.3) is 11.8 Å². The number of alkyl carbamates (subject to hydrolysis) is 4. The predicted molar refractivity (Wildman–Crippen MR) is 351 cm³/mol. The Morgan fingerprint density at radius 3 is 1.10 bits per heavy atom. The first kappa shape index (κ1) is 71.0. The van der Waals surface area contributed by atoms with Gasteiger partial charge in [0.1, 0.15) is 55.0 Å². The molecule has 4 aromatic rings. The summed E-state index contributed by atoms with van der Waals surface area (Å²) in [6, 6.07) is 31.4. The van der Waals surface area contributed by atoms with E-state index >= 15 is 9.59 Å². The zero-order chi connectivity index (χ0) is 65.5. The second kappa shape index (κ2) is 30.6. The van der Waals surface area contributed by atoms with E-state index in [1.165, 1.54) is 35.3 Å². The number of nitrogens with zero attached hydrogens (tertiary/aromatic N) is 2. The molecule has 0 aliphatic carbocycles. The van der Waals surface area contributed by atoms with E-state index in [1.54, 1.807) is 107 Å². The third-order valence-corrected chi connectivity index (χ3v) is 17.9. The lowest BCUT2D eigenvalue weighted by Gasteiger charge is -2.39. The van der Waals surface area contributed by atoms with Crippen molar-refractivity contribution in [3.63, 3.8) is 0 Å². The molecule has 0 saturated heterocycles. The Balaban J connectivity index is 1.37. The number of amides is 8. The minimum Gasteiger partial charge on any atom is -0.444 e. The third kappa shape index (κ3) is 22.1. The van der Waals surface area contributed by atoms with Crippen LogP contribution < -0.4 is 41.7 Å². The molecule has 23 heteroatoms. The molecule has 2 unspecified atom stereocenters. The summed E-state index contributed by atoms with van der Waals surface area (Å²) in [5, 5.41) is 17.2. The van der Waals surface area contributed by atoms with Gasteiger partial charge in [0.2, 0.25) is 11.8 Å². The quantitative estimate of drug-likeness (QED) is 0.0282. The Labute approximate surface area is 537 Å². The van der Waals surface area contributed by atoms with Gasteiger partial charge in [0.15, 0.2) is 0 Å². The molecule has 2 aliphatic rings. The van der Waals surface area contributed by atoms with Crippen molar-refractivity contribution in [1.82, 2.24) is 31.9 Å². The number of ether oxygens (including phenoxy) is 4. The number of carbonyl (C=O) groups is 8. The van der Waals surface area contributed by atoms with Gasteiger partial charge in [0, 0.05) is 22.9 Å². The number of hydrogen-bond donors (Lipinski definition) is 6. The van der Waals surface area contributed by atoms with Crippen LogP contribution in [0.5, 0.6) is 0 Å². The Morgan fingerprint density at radius 2 is 0.764 bits per heavy atom. The van der Waals surface area contributed by atoms with Crippen LogP contribution in [0.25, 0.3) is 0 Å². The fourth-order valence-electron chi connectivity index (χ4n) is 9.69. The second-order valence-corrected chi connectivity index (χ2v) is 30.4. The summed E-state index contributed by atoms with van der Waals surface area (Å²) in [5.74, 6) is -2.30. The molecule has 89 heavy (non-hydrogen) atoms. The van der Waals surface area contributed by atoms with Crippen molar-refractivity contribution in [2.24, 2.45) is 0 Å². The molecule has 2 aliphatic heterocycles. The van der Waals surface area contributed by atoms with Gasteiger partial charge in [-0.1, -0.05) is 120 Å². The highest BCUT2D eigenvalue weighted by molar-refractivity contribution is 8.24. The summed E-state index contributed by atoms with van der Waals surface area (Å²) < 4.78 is 20.7. The maximum Gasteiger partial charge on any atom is 0.408 e. The maximum atomic E-state index is 16.1. The Kier molecular flexibility index (Phi) is 24.4. The number of para-hydroxylation sites is 2. The smallest absolute Gasteiger partial charge is 0.408 e. The van der Waals surface area contributed by atoms with E-state index in [0.29, 0.717) is 24.2 Å². The van der Waals surface area contributed by atoms with Gasteiger partial charge in [-0.25, -0.2) is 19.2 Å². The minimum absolute atomic E-state index is 0.0100. The van der Waals surface area contributed by atoms with Crippen LogP contribution in [0.15, 0.2) is 119 Å². The fourth-order valence-corrected chi connectivity index (χ4v) is 14.4. The molecule has 6 rings (SSSR count). The van der Waals surface area contributed by atoms with Crippen LogP contribution in [0.2, 0.25) is 0 Å². The normalized spacial score (nSPS) is 16.8. The van der Waals surface area contributed by atoms with Gasteiger partial charge in [-0.05, 0) is 184 Å². The van der Waals surface area contributed by atoms with Crippen molar-refractivity contribution < 1.29 is 57.3 Å². The summed E-state index contributed by atoms with van der Waals surface area (Å²) in [4.78, 5) is 120. The molecule has 0 aromatic heterocycles. The number of anilines is 2. The average Bonchev–Trinajstić information content (AvgIpc) is 1.96. The van der Waals surface area contributed by atoms with E-state index in [0.717, 1.165) is 20.9 Å². The number of benzene rings is 4. The van der Waals surface area contributed by atoms with Crippen molar-refractivity contribution in [2.75, 3.05) is 22.9 Å². The van der Waals surface area contributed by atoms with Crippen LogP contribution in [0, 0.1) is 0 Å². The van der Waals surface area contributed by atoms with Gasteiger partial charge >= 0.3 is 24.4 Å². The number of nitrogens with one attached hydrogen (secondary N) is 6. The van der Waals surface area contributed by atoms with Crippen LogP contribution in [0.3, 0.4) is 0 Å². The van der Waals surface area contributed by atoms with E-state index in [2.05, 4.69) is 31.9 Å². The highest BCUT2D eigenvalue weighted by Crippen LogP contribution is 2.56. The topological polar surface area (TPSA) is 252 Å². The lowest BCUT2D eigenvalue weighted by Crippen LogP contribution is -2.63. The summed E-state index contributed by atoms with van der Waals surface area (Å²) in [7, 11) is 0. The highest BCUT2D eigenvalue weighted by atomic mass is 32.2. The monoisotopic (exact) mass is 1280 g/mol. The van der Waals surface area contributed by atoms with E-state index in [-0.39, 0.29) is 51.6 Å². The number of rotatable bonds is 24. The highest BCUT2D eigenvalue weighted by Gasteiger charge is 2.50. The van der Waals surface area contributed by atoms with Crippen LogP contribution >= 0.6 is 35.3 Å². The predicted octanol–water partition coefficient (Wildman–Crippen LogP) is 12.0. The first-order valence-corrected chi connectivity index (χ1v) is 32.8. The van der Waals surface area contributed by atoms with Gasteiger partial charge in [-0.3, -0.25) is 29.0 Å². The van der Waals surface area contributed by atoms with Crippen LogP contribution in [-0.2, 0) is 51.0 Å².